The van der Waals surface area contributed by atoms with Crippen LogP contribution in [0.5, 0.6) is 0 Å². The largest absolute Gasteiger partial charge is 0.357 e. The molecule has 0 unspecified atom stereocenters. The maximum atomic E-state index is 4.75. The van der Waals surface area contributed by atoms with Crippen LogP contribution in [-0.4, -0.2) is 33.3 Å². The molecular formula is C19H28N6. The molecule has 6 nitrogen and oxygen atoms in total. The van der Waals surface area contributed by atoms with Crippen LogP contribution >= 0.6 is 0 Å². The monoisotopic (exact) mass is 340 g/mol. The van der Waals surface area contributed by atoms with Crippen molar-refractivity contribution in [1.29, 1.82) is 0 Å². The molecule has 1 aromatic heterocycles. The highest BCUT2D eigenvalue weighted by Gasteiger charge is 2.18. The molecule has 1 aliphatic carbocycles. The van der Waals surface area contributed by atoms with Gasteiger partial charge in [0.25, 0.3) is 0 Å². The number of nitrogens with zero attached hydrogens (tertiary/aromatic N) is 4. The van der Waals surface area contributed by atoms with Gasteiger partial charge in [-0.3, -0.25) is 0 Å². The average molecular weight is 340 g/mol. The number of aromatic nitrogens is 3. The van der Waals surface area contributed by atoms with Gasteiger partial charge in [-0.15, -0.1) is 0 Å². The van der Waals surface area contributed by atoms with Gasteiger partial charge in [-0.1, -0.05) is 19.1 Å². The van der Waals surface area contributed by atoms with Gasteiger partial charge in [0.1, 0.15) is 12.7 Å². The molecule has 25 heavy (non-hydrogen) atoms. The number of hydrogen-bond acceptors (Lipinski definition) is 3. The molecule has 0 atom stereocenters. The Balaban J connectivity index is 1.59. The molecule has 0 saturated heterocycles. The third-order valence-corrected chi connectivity index (χ3v) is 4.74. The van der Waals surface area contributed by atoms with Gasteiger partial charge in [0.15, 0.2) is 5.96 Å². The smallest absolute Gasteiger partial charge is 0.191 e. The summed E-state index contributed by atoms with van der Waals surface area (Å²) in [5.41, 5.74) is 2.19. The molecule has 1 fully saturated rings. The lowest BCUT2D eigenvalue weighted by atomic mass is 9.87. The van der Waals surface area contributed by atoms with E-state index in [2.05, 4.69) is 46.7 Å². The normalized spacial score (nSPS) is 21.1. The van der Waals surface area contributed by atoms with Gasteiger partial charge in [-0.05, 0) is 56.2 Å². The standard InChI is InChI=1S/C19H28N6/c1-3-21-19(24-17-8-4-15(2)5-9-17)22-12-16-6-10-18(11-7-16)25-14-20-13-23-25/h6-7,10-11,13-15,17H,3-5,8-9,12H2,1-2H3,(H2,21,22,24). The van der Waals surface area contributed by atoms with Crippen LogP contribution in [0.3, 0.4) is 0 Å². The summed E-state index contributed by atoms with van der Waals surface area (Å²) in [6.45, 7) is 5.99. The van der Waals surface area contributed by atoms with Crippen molar-refractivity contribution >= 4 is 5.96 Å². The van der Waals surface area contributed by atoms with Crippen molar-refractivity contribution in [3.63, 3.8) is 0 Å². The van der Waals surface area contributed by atoms with E-state index in [1.54, 1.807) is 17.3 Å². The van der Waals surface area contributed by atoms with Gasteiger partial charge in [0, 0.05) is 12.6 Å². The van der Waals surface area contributed by atoms with Crippen molar-refractivity contribution in [2.75, 3.05) is 6.54 Å². The topological polar surface area (TPSA) is 67.1 Å². The summed E-state index contributed by atoms with van der Waals surface area (Å²) in [5, 5.41) is 11.1. The predicted molar refractivity (Wildman–Crippen MR) is 101 cm³/mol. The second kappa shape index (κ2) is 8.65. The number of rotatable bonds is 5. The third-order valence-electron chi connectivity index (χ3n) is 4.74. The van der Waals surface area contributed by atoms with Crippen LogP contribution in [0.4, 0.5) is 0 Å². The average Bonchev–Trinajstić information content (AvgIpc) is 3.17. The second-order valence-corrected chi connectivity index (χ2v) is 6.80. The van der Waals surface area contributed by atoms with Gasteiger partial charge in [-0.25, -0.2) is 14.7 Å². The molecule has 0 radical (unpaired) electrons. The Hall–Kier alpha value is -2.37. The highest BCUT2D eigenvalue weighted by Crippen LogP contribution is 2.23. The number of guanidine groups is 1. The first kappa shape index (κ1) is 17.5. The van der Waals surface area contributed by atoms with Crippen LogP contribution in [0, 0.1) is 5.92 Å². The zero-order valence-corrected chi connectivity index (χ0v) is 15.2. The summed E-state index contributed by atoms with van der Waals surface area (Å²) in [4.78, 5) is 8.72. The van der Waals surface area contributed by atoms with Crippen LogP contribution in [0.1, 0.15) is 45.1 Å². The lowest BCUT2D eigenvalue weighted by Crippen LogP contribution is -2.44. The molecule has 0 amide bonds. The lowest BCUT2D eigenvalue weighted by Gasteiger charge is -2.28. The lowest BCUT2D eigenvalue weighted by molar-refractivity contribution is 0.329. The highest BCUT2D eigenvalue weighted by molar-refractivity contribution is 5.80. The van der Waals surface area contributed by atoms with E-state index >= 15 is 0 Å². The predicted octanol–water partition coefficient (Wildman–Crippen LogP) is 2.90. The first-order valence-electron chi connectivity index (χ1n) is 9.23. The minimum Gasteiger partial charge on any atom is -0.357 e. The first-order valence-corrected chi connectivity index (χ1v) is 9.23. The molecule has 1 aromatic carbocycles. The van der Waals surface area contributed by atoms with E-state index in [4.69, 9.17) is 4.99 Å². The highest BCUT2D eigenvalue weighted by atomic mass is 15.3. The molecule has 1 aliphatic rings. The molecule has 0 bridgehead atoms. The summed E-state index contributed by atoms with van der Waals surface area (Å²) >= 11 is 0. The van der Waals surface area contributed by atoms with E-state index in [0.717, 1.165) is 24.1 Å². The van der Waals surface area contributed by atoms with Crippen LogP contribution in [0.2, 0.25) is 0 Å². The van der Waals surface area contributed by atoms with Crippen molar-refractivity contribution in [2.24, 2.45) is 10.9 Å². The number of hydrogen-bond donors (Lipinski definition) is 2. The fraction of sp³-hybridized carbons (Fsp3) is 0.526. The Labute approximate surface area is 149 Å². The van der Waals surface area contributed by atoms with E-state index in [1.165, 1.54) is 31.2 Å². The Morgan fingerprint density at radius 1 is 1.20 bits per heavy atom. The van der Waals surface area contributed by atoms with Gasteiger partial charge in [-0.2, -0.15) is 5.10 Å². The number of nitrogens with one attached hydrogen (secondary N) is 2. The van der Waals surface area contributed by atoms with Crippen molar-refractivity contribution < 1.29 is 0 Å². The van der Waals surface area contributed by atoms with Crippen LogP contribution in [0.25, 0.3) is 5.69 Å². The van der Waals surface area contributed by atoms with Gasteiger partial charge in [0.05, 0.1) is 12.2 Å². The molecule has 6 heteroatoms. The third kappa shape index (κ3) is 5.05. The second-order valence-electron chi connectivity index (χ2n) is 6.80. The summed E-state index contributed by atoms with van der Waals surface area (Å²) in [5.74, 6) is 1.78. The first-order chi connectivity index (χ1) is 12.2. The molecule has 1 saturated carbocycles. The van der Waals surface area contributed by atoms with E-state index < -0.39 is 0 Å². The van der Waals surface area contributed by atoms with Crippen molar-refractivity contribution in [2.45, 2.75) is 52.1 Å². The molecule has 0 spiro atoms. The number of benzene rings is 1. The molecule has 3 rings (SSSR count). The minimum atomic E-state index is 0.545. The zero-order valence-electron chi connectivity index (χ0n) is 15.2. The van der Waals surface area contributed by atoms with Gasteiger partial charge < -0.3 is 10.6 Å². The Kier molecular flexibility index (Phi) is 6.04. The Morgan fingerprint density at radius 2 is 1.96 bits per heavy atom. The fourth-order valence-electron chi connectivity index (χ4n) is 3.18. The van der Waals surface area contributed by atoms with E-state index in [-0.39, 0.29) is 0 Å². The van der Waals surface area contributed by atoms with Crippen LogP contribution in [0.15, 0.2) is 41.9 Å². The number of aliphatic imine (C=N–C) groups is 1. The van der Waals surface area contributed by atoms with Gasteiger partial charge >= 0.3 is 0 Å². The molecular weight excluding hydrogens is 312 g/mol. The Bertz CT molecular complexity index is 654. The van der Waals surface area contributed by atoms with Crippen molar-refractivity contribution in [3.8, 4) is 5.69 Å². The molecule has 2 N–H and O–H groups in total. The van der Waals surface area contributed by atoms with E-state index in [0.29, 0.717) is 12.6 Å². The maximum Gasteiger partial charge on any atom is 0.191 e. The molecule has 0 aliphatic heterocycles. The fourth-order valence-corrected chi connectivity index (χ4v) is 3.18. The van der Waals surface area contributed by atoms with Crippen molar-refractivity contribution in [3.05, 3.63) is 42.5 Å². The maximum absolute atomic E-state index is 4.75. The minimum absolute atomic E-state index is 0.545. The summed E-state index contributed by atoms with van der Waals surface area (Å²) in [6.07, 6.45) is 8.32. The van der Waals surface area contributed by atoms with E-state index in [1.807, 2.05) is 12.1 Å². The zero-order chi connectivity index (χ0) is 17.5. The van der Waals surface area contributed by atoms with Crippen molar-refractivity contribution in [1.82, 2.24) is 25.4 Å². The SMILES string of the molecule is CCNC(=NCc1ccc(-n2cncn2)cc1)NC1CCC(C)CC1. The molecule has 1 heterocycles. The van der Waals surface area contributed by atoms with E-state index in [9.17, 15) is 0 Å². The molecule has 134 valence electrons. The summed E-state index contributed by atoms with van der Waals surface area (Å²) in [7, 11) is 0. The Morgan fingerprint density at radius 3 is 2.60 bits per heavy atom. The summed E-state index contributed by atoms with van der Waals surface area (Å²) in [6, 6.07) is 8.81. The quantitative estimate of drug-likeness (QED) is 0.649. The van der Waals surface area contributed by atoms with Crippen LogP contribution in [-0.2, 0) is 6.54 Å². The van der Waals surface area contributed by atoms with Crippen LogP contribution < -0.4 is 10.6 Å². The summed E-state index contributed by atoms with van der Waals surface area (Å²) < 4.78 is 1.75. The van der Waals surface area contributed by atoms with Gasteiger partial charge in [0.2, 0.25) is 0 Å². The molecule has 2 aromatic rings.